The summed E-state index contributed by atoms with van der Waals surface area (Å²) >= 11 is 0. The van der Waals surface area contributed by atoms with Gasteiger partial charge in [0.25, 0.3) is 0 Å². The molecule has 0 bridgehead atoms. The van der Waals surface area contributed by atoms with Gasteiger partial charge in [0.1, 0.15) is 11.5 Å². The van der Waals surface area contributed by atoms with E-state index in [1.165, 1.54) is 18.9 Å². The first kappa shape index (κ1) is 13.0. The molecule has 0 saturated carbocycles. The van der Waals surface area contributed by atoms with E-state index in [0.29, 0.717) is 5.92 Å². The molecule has 0 amide bonds. The minimum absolute atomic E-state index is 0.110. The molecule has 18 heavy (non-hydrogen) atoms. The number of aromatic hydroxyl groups is 2. The lowest BCUT2D eigenvalue weighted by Crippen LogP contribution is -2.26. The molecule has 1 aromatic rings. The van der Waals surface area contributed by atoms with E-state index < -0.39 is 0 Å². The van der Waals surface area contributed by atoms with Crippen LogP contribution in [-0.4, -0.2) is 16.8 Å². The van der Waals surface area contributed by atoms with Gasteiger partial charge >= 0.3 is 0 Å². The molecule has 0 spiro atoms. The minimum Gasteiger partial charge on any atom is -0.508 e. The van der Waals surface area contributed by atoms with E-state index in [1.807, 2.05) is 6.92 Å². The molecular formula is C15H21NO2. The predicted octanol–water partition coefficient (Wildman–Crippen LogP) is 3.10. The largest absolute Gasteiger partial charge is 0.508 e. The molecule has 0 aliphatic heterocycles. The third-order valence-corrected chi connectivity index (χ3v) is 3.52. The molecule has 98 valence electrons. The van der Waals surface area contributed by atoms with E-state index in [9.17, 15) is 10.2 Å². The molecule has 1 aromatic carbocycles. The molecule has 3 nitrogen and oxygen atoms in total. The Balaban J connectivity index is 1.90. The van der Waals surface area contributed by atoms with Crippen LogP contribution >= 0.6 is 0 Å². The number of phenols is 2. The van der Waals surface area contributed by atoms with E-state index in [1.54, 1.807) is 12.1 Å². The number of nitrogens with one attached hydrogen (secondary N) is 1. The third-order valence-electron chi connectivity index (χ3n) is 3.52. The van der Waals surface area contributed by atoms with Crippen LogP contribution in [0, 0.1) is 5.92 Å². The molecule has 2 atom stereocenters. The smallest absolute Gasteiger partial charge is 0.119 e. The van der Waals surface area contributed by atoms with Crippen molar-refractivity contribution in [2.75, 3.05) is 6.54 Å². The Bertz CT molecular complexity index is 408. The fourth-order valence-electron chi connectivity index (χ4n) is 2.37. The summed E-state index contributed by atoms with van der Waals surface area (Å²) in [5.41, 5.74) is 0.916. The van der Waals surface area contributed by atoms with Crippen molar-refractivity contribution in [1.29, 1.82) is 0 Å². The van der Waals surface area contributed by atoms with Crippen LogP contribution in [0.4, 0.5) is 0 Å². The lowest BCUT2D eigenvalue weighted by Gasteiger charge is -2.21. The molecule has 0 saturated heterocycles. The third kappa shape index (κ3) is 3.50. The Hall–Kier alpha value is -1.48. The van der Waals surface area contributed by atoms with Crippen molar-refractivity contribution in [1.82, 2.24) is 5.32 Å². The van der Waals surface area contributed by atoms with Crippen molar-refractivity contribution < 1.29 is 10.2 Å². The summed E-state index contributed by atoms with van der Waals surface area (Å²) in [6.07, 6.45) is 8.05. The maximum absolute atomic E-state index is 9.46. The molecule has 1 aliphatic rings. The molecule has 0 aromatic heterocycles. The predicted molar refractivity (Wildman–Crippen MR) is 72.7 cm³/mol. The Morgan fingerprint density at radius 2 is 1.94 bits per heavy atom. The molecule has 2 rings (SSSR count). The fraction of sp³-hybridized carbons (Fsp3) is 0.467. The van der Waals surface area contributed by atoms with Gasteiger partial charge in [0.15, 0.2) is 0 Å². The standard InChI is InChI=1S/C15H21NO2/c1-11(13-7-14(17)9-15(18)8-13)16-10-12-5-3-2-4-6-12/h2-3,7-9,11-12,16-18H,4-6,10H2,1H3. The summed E-state index contributed by atoms with van der Waals surface area (Å²) in [5.74, 6) is 0.918. The highest BCUT2D eigenvalue weighted by molar-refractivity contribution is 5.37. The zero-order valence-corrected chi connectivity index (χ0v) is 10.8. The van der Waals surface area contributed by atoms with E-state index in [-0.39, 0.29) is 17.5 Å². The SMILES string of the molecule is CC(NCC1CC=CCC1)c1cc(O)cc(O)c1. The Labute approximate surface area is 108 Å². The highest BCUT2D eigenvalue weighted by atomic mass is 16.3. The van der Waals surface area contributed by atoms with Gasteiger partial charge in [0, 0.05) is 12.1 Å². The van der Waals surface area contributed by atoms with Crippen LogP contribution in [0.15, 0.2) is 30.4 Å². The van der Waals surface area contributed by atoms with Gasteiger partial charge in [-0.15, -0.1) is 0 Å². The van der Waals surface area contributed by atoms with Crippen LogP contribution in [0.3, 0.4) is 0 Å². The topological polar surface area (TPSA) is 52.5 Å². The Morgan fingerprint density at radius 1 is 1.22 bits per heavy atom. The average Bonchev–Trinajstić information content (AvgIpc) is 2.36. The van der Waals surface area contributed by atoms with Crippen molar-refractivity contribution in [3.05, 3.63) is 35.9 Å². The quantitative estimate of drug-likeness (QED) is 0.717. The van der Waals surface area contributed by atoms with Gasteiger partial charge in [0.05, 0.1) is 0 Å². The first-order valence-corrected chi connectivity index (χ1v) is 6.56. The number of hydrogen-bond acceptors (Lipinski definition) is 3. The van der Waals surface area contributed by atoms with Crippen LogP contribution in [0.5, 0.6) is 11.5 Å². The molecule has 1 aliphatic carbocycles. The Morgan fingerprint density at radius 3 is 2.56 bits per heavy atom. The van der Waals surface area contributed by atoms with Gasteiger partial charge in [-0.3, -0.25) is 0 Å². The number of rotatable bonds is 4. The van der Waals surface area contributed by atoms with Gasteiger partial charge in [-0.05, 0) is 56.3 Å². The van der Waals surface area contributed by atoms with E-state index in [0.717, 1.165) is 18.5 Å². The molecular weight excluding hydrogens is 226 g/mol. The number of hydrogen-bond donors (Lipinski definition) is 3. The zero-order valence-electron chi connectivity index (χ0n) is 10.8. The van der Waals surface area contributed by atoms with Gasteiger partial charge < -0.3 is 15.5 Å². The van der Waals surface area contributed by atoms with Gasteiger partial charge in [-0.2, -0.15) is 0 Å². The van der Waals surface area contributed by atoms with Gasteiger partial charge in [0.2, 0.25) is 0 Å². The number of benzene rings is 1. The molecule has 3 heteroatoms. The first-order chi connectivity index (χ1) is 8.65. The monoisotopic (exact) mass is 247 g/mol. The van der Waals surface area contributed by atoms with Crippen LogP contribution < -0.4 is 5.32 Å². The number of allylic oxidation sites excluding steroid dienone is 2. The Kier molecular flexibility index (Phi) is 4.26. The molecule has 0 heterocycles. The van der Waals surface area contributed by atoms with Crippen molar-refractivity contribution in [2.24, 2.45) is 5.92 Å². The normalized spacial score (nSPS) is 20.8. The summed E-state index contributed by atoms with van der Waals surface area (Å²) < 4.78 is 0. The maximum atomic E-state index is 9.46. The van der Waals surface area contributed by atoms with Crippen molar-refractivity contribution in [3.8, 4) is 11.5 Å². The van der Waals surface area contributed by atoms with Crippen LogP contribution in [0.1, 0.15) is 37.8 Å². The lowest BCUT2D eigenvalue weighted by molar-refractivity contribution is 0.411. The van der Waals surface area contributed by atoms with Gasteiger partial charge in [-0.25, -0.2) is 0 Å². The minimum atomic E-state index is 0.110. The average molecular weight is 247 g/mol. The highest BCUT2D eigenvalue weighted by Gasteiger charge is 2.13. The van der Waals surface area contributed by atoms with E-state index in [4.69, 9.17) is 0 Å². The molecule has 0 radical (unpaired) electrons. The van der Waals surface area contributed by atoms with Crippen molar-refractivity contribution in [2.45, 2.75) is 32.2 Å². The van der Waals surface area contributed by atoms with Gasteiger partial charge in [-0.1, -0.05) is 12.2 Å². The van der Waals surface area contributed by atoms with Crippen molar-refractivity contribution in [3.63, 3.8) is 0 Å². The van der Waals surface area contributed by atoms with Crippen LogP contribution in [0.2, 0.25) is 0 Å². The number of phenolic OH excluding ortho intramolecular Hbond substituents is 2. The summed E-state index contributed by atoms with van der Waals surface area (Å²) in [4.78, 5) is 0. The van der Waals surface area contributed by atoms with Crippen molar-refractivity contribution >= 4 is 0 Å². The summed E-state index contributed by atoms with van der Waals surface area (Å²) in [6.45, 7) is 3.02. The first-order valence-electron chi connectivity index (χ1n) is 6.56. The van der Waals surface area contributed by atoms with E-state index in [2.05, 4.69) is 17.5 Å². The zero-order chi connectivity index (χ0) is 13.0. The molecule has 3 N–H and O–H groups in total. The van der Waals surface area contributed by atoms with Crippen LogP contribution in [0.25, 0.3) is 0 Å². The van der Waals surface area contributed by atoms with Crippen LogP contribution in [-0.2, 0) is 0 Å². The lowest BCUT2D eigenvalue weighted by atomic mass is 9.94. The maximum Gasteiger partial charge on any atom is 0.119 e. The summed E-state index contributed by atoms with van der Waals surface area (Å²) in [7, 11) is 0. The second-order valence-corrected chi connectivity index (χ2v) is 5.06. The van der Waals surface area contributed by atoms with E-state index >= 15 is 0 Å². The highest BCUT2D eigenvalue weighted by Crippen LogP contribution is 2.25. The fourth-order valence-corrected chi connectivity index (χ4v) is 2.37. The molecule has 2 unspecified atom stereocenters. The summed E-state index contributed by atoms with van der Waals surface area (Å²) in [5, 5.41) is 22.4. The molecule has 0 fully saturated rings. The summed E-state index contributed by atoms with van der Waals surface area (Å²) in [6, 6.07) is 4.87. The second-order valence-electron chi connectivity index (χ2n) is 5.06. The second kappa shape index (κ2) is 5.91.